The second kappa shape index (κ2) is 4.97. The molecular weight excluding hydrogens is 254 g/mol. The Bertz CT molecular complexity index is 539. The van der Waals surface area contributed by atoms with Gasteiger partial charge in [0, 0.05) is 18.8 Å². The van der Waals surface area contributed by atoms with E-state index in [0.717, 1.165) is 5.69 Å². The van der Waals surface area contributed by atoms with Crippen molar-refractivity contribution in [2.24, 2.45) is 0 Å². The second-order valence-corrected chi connectivity index (χ2v) is 6.48. The maximum Gasteiger partial charge on any atom is 0.337 e. The summed E-state index contributed by atoms with van der Waals surface area (Å²) in [5.74, 6) is -0.0632. The van der Waals surface area contributed by atoms with E-state index in [-0.39, 0.29) is 17.5 Å². The predicted octanol–water partition coefficient (Wildman–Crippen LogP) is 0.708. The largest absolute Gasteiger partial charge is 0.465 e. The van der Waals surface area contributed by atoms with E-state index in [2.05, 4.69) is 4.74 Å². The summed E-state index contributed by atoms with van der Waals surface area (Å²) in [5.41, 5.74) is 1.33. The lowest BCUT2D eigenvalue weighted by Gasteiger charge is -2.28. The zero-order valence-corrected chi connectivity index (χ0v) is 10.9. The van der Waals surface area contributed by atoms with Crippen molar-refractivity contribution in [3.63, 3.8) is 0 Å². The minimum absolute atomic E-state index is 0.162. The first-order chi connectivity index (χ1) is 8.52. The van der Waals surface area contributed by atoms with E-state index in [1.165, 1.54) is 7.11 Å². The number of nitrogens with zero attached hydrogens (tertiary/aromatic N) is 1. The molecule has 1 saturated heterocycles. The van der Waals surface area contributed by atoms with Crippen molar-refractivity contribution in [2.45, 2.75) is 0 Å². The molecule has 0 N–H and O–H groups in total. The zero-order valence-electron chi connectivity index (χ0n) is 10.1. The third-order valence-corrected chi connectivity index (χ3v) is 4.59. The van der Waals surface area contributed by atoms with Gasteiger partial charge in [-0.05, 0) is 18.2 Å². The molecule has 5 nitrogen and oxygen atoms in total. The molecule has 0 bridgehead atoms. The lowest BCUT2D eigenvalue weighted by atomic mass is 10.2. The van der Waals surface area contributed by atoms with Crippen LogP contribution >= 0.6 is 0 Å². The van der Waals surface area contributed by atoms with Crippen LogP contribution in [0.5, 0.6) is 0 Å². The Morgan fingerprint density at radius 2 is 1.94 bits per heavy atom. The van der Waals surface area contributed by atoms with Crippen LogP contribution in [-0.2, 0) is 14.6 Å². The molecule has 0 atom stereocenters. The van der Waals surface area contributed by atoms with Gasteiger partial charge >= 0.3 is 5.97 Å². The molecule has 6 heteroatoms. The number of methoxy groups -OCH3 is 1. The number of anilines is 1. The number of hydrogen-bond donors (Lipinski definition) is 0. The normalized spacial score (nSPS) is 18.4. The fourth-order valence-corrected chi connectivity index (χ4v) is 3.12. The van der Waals surface area contributed by atoms with E-state index in [0.29, 0.717) is 18.7 Å². The lowest BCUT2D eigenvalue weighted by molar-refractivity contribution is 0.0600. The first-order valence-electron chi connectivity index (χ1n) is 5.65. The van der Waals surface area contributed by atoms with Crippen LogP contribution in [0.1, 0.15) is 10.4 Å². The Hall–Kier alpha value is -1.56. The minimum Gasteiger partial charge on any atom is -0.465 e. The van der Waals surface area contributed by atoms with Crippen LogP contribution in [-0.4, -0.2) is 46.1 Å². The predicted molar refractivity (Wildman–Crippen MR) is 68.6 cm³/mol. The standard InChI is InChI=1S/C12H15NO4S/c1-17-12(14)10-3-2-4-11(9-10)13-5-7-18(15,16)8-6-13/h2-4,9H,5-8H2,1H3. The highest BCUT2D eigenvalue weighted by atomic mass is 32.2. The van der Waals surface area contributed by atoms with Crippen molar-refractivity contribution in [1.82, 2.24) is 0 Å². The summed E-state index contributed by atoms with van der Waals surface area (Å²) in [7, 11) is -1.55. The van der Waals surface area contributed by atoms with Gasteiger partial charge in [-0.25, -0.2) is 13.2 Å². The summed E-state index contributed by atoms with van der Waals surface area (Å²) in [6.45, 7) is 0.930. The molecule has 98 valence electrons. The molecule has 0 aliphatic carbocycles. The molecule has 18 heavy (non-hydrogen) atoms. The molecule has 0 saturated carbocycles. The molecule has 0 radical (unpaired) electrons. The van der Waals surface area contributed by atoms with Gasteiger partial charge in [0.2, 0.25) is 0 Å². The van der Waals surface area contributed by atoms with Crippen molar-refractivity contribution < 1.29 is 17.9 Å². The Balaban J connectivity index is 2.17. The SMILES string of the molecule is COC(=O)c1cccc(N2CCS(=O)(=O)CC2)c1. The fraction of sp³-hybridized carbons (Fsp3) is 0.417. The highest BCUT2D eigenvalue weighted by molar-refractivity contribution is 7.91. The van der Waals surface area contributed by atoms with Gasteiger partial charge in [0.25, 0.3) is 0 Å². The van der Waals surface area contributed by atoms with Crippen LogP contribution in [0.15, 0.2) is 24.3 Å². The quantitative estimate of drug-likeness (QED) is 0.740. The molecule has 1 aliphatic heterocycles. The Morgan fingerprint density at radius 1 is 1.28 bits per heavy atom. The average molecular weight is 269 g/mol. The van der Waals surface area contributed by atoms with Gasteiger partial charge in [-0.3, -0.25) is 0 Å². The topological polar surface area (TPSA) is 63.7 Å². The summed E-state index contributed by atoms with van der Waals surface area (Å²) in [6, 6.07) is 7.04. The van der Waals surface area contributed by atoms with Crippen LogP contribution in [0.4, 0.5) is 5.69 Å². The van der Waals surface area contributed by atoms with Crippen molar-refractivity contribution >= 4 is 21.5 Å². The molecule has 1 heterocycles. The van der Waals surface area contributed by atoms with E-state index in [9.17, 15) is 13.2 Å². The highest BCUT2D eigenvalue weighted by Crippen LogP contribution is 2.19. The monoisotopic (exact) mass is 269 g/mol. The zero-order chi connectivity index (χ0) is 13.2. The number of rotatable bonds is 2. The molecule has 1 aliphatic rings. The third-order valence-electron chi connectivity index (χ3n) is 2.98. The first kappa shape index (κ1) is 12.9. The molecule has 0 aromatic heterocycles. The van der Waals surface area contributed by atoms with E-state index < -0.39 is 9.84 Å². The maximum absolute atomic E-state index is 11.4. The van der Waals surface area contributed by atoms with Crippen molar-refractivity contribution in [2.75, 3.05) is 36.6 Å². The number of esters is 1. The number of sulfone groups is 1. The number of carbonyl (C=O) groups excluding carboxylic acids is 1. The van der Waals surface area contributed by atoms with Crippen molar-refractivity contribution in [3.8, 4) is 0 Å². The molecule has 0 unspecified atom stereocenters. The van der Waals surface area contributed by atoms with Crippen molar-refractivity contribution in [3.05, 3.63) is 29.8 Å². The Labute approximate surface area is 106 Å². The molecule has 0 spiro atoms. The molecule has 1 aromatic carbocycles. The molecule has 2 rings (SSSR count). The van der Waals surface area contributed by atoms with Crippen LogP contribution in [0.2, 0.25) is 0 Å². The lowest BCUT2D eigenvalue weighted by Crippen LogP contribution is -2.40. The van der Waals surface area contributed by atoms with E-state index >= 15 is 0 Å². The Morgan fingerprint density at radius 3 is 2.56 bits per heavy atom. The molecule has 0 amide bonds. The summed E-state index contributed by atoms with van der Waals surface area (Å²) >= 11 is 0. The van der Waals surface area contributed by atoms with Crippen LogP contribution in [0.3, 0.4) is 0 Å². The summed E-state index contributed by atoms with van der Waals surface area (Å²) in [6.07, 6.45) is 0. The molecule has 1 aromatic rings. The summed E-state index contributed by atoms with van der Waals surface area (Å²) in [5, 5.41) is 0. The van der Waals surface area contributed by atoms with E-state index in [1.54, 1.807) is 18.2 Å². The fourth-order valence-electron chi connectivity index (χ4n) is 1.92. The van der Waals surface area contributed by atoms with Gasteiger partial charge in [0.05, 0.1) is 24.2 Å². The maximum atomic E-state index is 11.4. The number of ether oxygens (including phenoxy) is 1. The summed E-state index contributed by atoms with van der Waals surface area (Å²) in [4.78, 5) is 13.4. The highest BCUT2D eigenvalue weighted by Gasteiger charge is 2.22. The first-order valence-corrected chi connectivity index (χ1v) is 7.48. The second-order valence-electron chi connectivity index (χ2n) is 4.18. The Kier molecular flexibility index (Phi) is 3.56. The van der Waals surface area contributed by atoms with Gasteiger partial charge in [-0.2, -0.15) is 0 Å². The number of hydrogen-bond acceptors (Lipinski definition) is 5. The average Bonchev–Trinajstić information content (AvgIpc) is 2.38. The third kappa shape index (κ3) is 2.81. The summed E-state index contributed by atoms with van der Waals surface area (Å²) < 4.78 is 27.4. The van der Waals surface area contributed by atoms with Gasteiger partial charge in [-0.1, -0.05) is 6.07 Å². The van der Waals surface area contributed by atoms with Crippen LogP contribution < -0.4 is 4.90 Å². The number of benzene rings is 1. The minimum atomic E-state index is -2.89. The number of carbonyl (C=O) groups is 1. The van der Waals surface area contributed by atoms with Gasteiger partial charge in [0.1, 0.15) is 0 Å². The molecule has 1 fully saturated rings. The van der Waals surface area contributed by atoms with Crippen LogP contribution in [0, 0.1) is 0 Å². The van der Waals surface area contributed by atoms with E-state index in [4.69, 9.17) is 0 Å². The van der Waals surface area contributed by atoms with E-state index in [1.807, 2.05) is 11.0 Å². The van der Waals surface area contributed by atoms with Crippen molar-refractivity contribution in [1.29, 1.82) is 0 Å². The smallest absolute Gasteiger partial charge is 0.337 e. The van der Waals surface area contributed by atoms with Gasteiger partial charge < -0.3 is 9.64 Å². The van der Waals surface area contributed by atoms with Crippen LogP contribution in [0.25, 0.3) is 0 Å². The van der Waals surface area contributed by atoms with Gasteiger partial charge in [-0.15, -0.1) is 0 Å². The van der Waals surface area contributed by atoms with Gasteiger partial charge in [0.15, 0.2) is 9.84 Å². The molecular formula is C12H15NO4S.